The molecule has 0 saturated heterocycles. The molecule has 1 aliphatic carbocycles. The zero-order valence-corrected chi connectivity index (χ0v) is 16.6. The van der Waals surface area contributed by atoms with E-state index in [1.54, 1.807) is 0 Å². The number of allylic oxidation sites excluding steroid dienone is 3. The van der Waals surface area contributed by atoms with Crippen LogP contribution in [0.3, 0.4) is 0 Å². The highest BCUT2D eigenvalue weighted by Gasteiger charge is 2.22. The molecule has 0 aromatic heterocycles. The lowest BCUT2D eigenvalue weighted by Gasteiger charge is -2.29. The van der Waals surface area contributed by atoms with Crippen LogP contribution in [-0.4, -0.2) is 43.2 Å². The number of nitrogens with zero attached hydrogens (tertiary/aromatic N) is 1. The van der Waals surface area contributed by atoms with E-state index in [1.807, 2.05) is 6.07 Å². The second-order valence-electron chi connectivity index (χ2n) is 7.96. The van der Waals surface area contributed by atoms with Gasteiger partial charge in [-0.25, -0.2) is 4.79 Å². The summed E-state index contributed by atoms with van der Waals surface area (Å²) in [6.45, 7) is 4.76. The normalized spacial score (nSPS) is 15.5. The van der Waals surface area contributed by atoms with Gasteiger partial charge in [-0.05, 0) is 59.2 Å². The summed E-state index contributed by atoms with van der Waals surface area (Å²) in [6.07, 6.45) is 10.6. The summed E-state index contributed by atoms with van der Waals surface area (Å²) in [4.78, 5) is 14.6. The van der Waals surface area contributed by atoms with Crippen LogP contribution in [0.5, 0.6) is 0 Å². The zero-order valence-electron chi connectivity index (χ0n) is 16.6. The Kier molecular flexibility index (Phi) is 7.46. The number of hydrogen-bond acceptors (Lipinski definition) is 2. The highest BCUT2D eigenvalue weighted by molar-refractivity contribution is 5.74. The first-order valence-corrected chi connectivity index (χ1v) is 9.48. The molecule has 2 N–H and O–H groups in total. The number of urea groups is 1. The van der Waals surface area contributed by atoms with Crippen LogP contribution < -0.4 is 10.6 Å². The maximum atomic E-state index is 12.4. The standard InChI is InChI=1S/C22H33N3O/c1-22(2,16-19-13-9-6-10-14-19)24-21(26)23-17-20(25(3)4)15-18-11-7-5-8-12-18/h5,7-9,11-14,20H,6,10,15-17H2,1-4H3,(H2,23,24,26). The molecule has 1 unspecified atom stereocenters. The number of amides is 2. The van der Waals surface area contributed by atoms with Crippen LogP contribution in [-0.2, 0) is 6.42 Å². The van der Waals surface area contributed by atoms with E-state index in [2.05, 4.69) is 86.0 Å². The van der Waals surface area contributed by atoms with Gasteiger partial charge in [0, 0.05) is 18.1 Å². The van der Waals surface area contributed by atoms with E-state index in [-0.39, 0.29) is 17.6 Å². The number of carbonyl (C=O) groups excluding carboxylic acids is 1. The fourth-order valence-electron chi connectivity index (χ4n) is 3.24. The molecule has 1 atom stereocenters. The van der Waals surface area contributed by atoms with E-state index in [9.17, 15) is 4.79 Å². The van der Waals surface area contributed by atoms with Gasteiger partial charge < -0.3 is 15.5 Å². The van der Waals surface area contributed by atoms with Crippen molar-refractivity contribution >= 4 is 6.03 Å². The van der Waals surface area contributed by atoms with Crippen molar-refractivity contribution < 1.29 is 4.79 Å². The Hall–Kier alpha value is -2.07. The van der Waals surface area contributed by atoms with Crippen molar-refractivity contribution in [2.45, 2.75) is 51.1 Å². The van der Waals surface area contributed by atoms with Crippen LogP contribution in [0.15, 0.2) is 54.1 Å². The van der Waals surface area contributed by atoms with Gasteiger partial charge in [0.05, 0.1) is 0 Å². The fraction of sp³-hybridized carbons (Fsp3) is 0.500. The van der Waals surface area contributed by atoms with Gasteiger partial charge in [-0.3, -0.25) is 0 Å². The van der Waals surface area contributed by atoms with Crippen LogP contribution in [0.1, 0.15) is 38.7 Å². The van der Waals surface area contributed by atoms with E-state index >= 15 is 0 Å². The summed E-state index contributed by atoms with van der Waals surface area (Å²) in [5.74, 6) is 0. The summed E-state index contributed by atoms with van der Waals surface area (Å²) in [7, 11) is 4.11. The van der Waals surface area contributed by atoms with E-state index in [0.29, 0.717) is 6.54 Å². The minimum Gasteiger partial charge on any atom is -0.337 e. The predicted molar refractivity (Wildman–Crippen MR) is 109 cm³/mol. The Morgan fingerprint density at radius 3 is 2.54 bits per heavy atom. The van der Waals surface area contributed by atoms with Crippen LogP contribution >= 0.6 is 0 Å². The number of rotatable bonds is 8. The first-order chi connectivity index (χ1) is 12.4. The van der Waals surface area contributed by atoms with Gasteiger partial charge in [-0.1, -0.05) is 54.1 Å². The molecule has 4 heteroatoms. The third-order valence-electron chi connectivity index (χ3n) is 4.71. The highest BCUT2D eigenvalue weighted by Crippen LogP contribution is 2.20. The molecule has 1 aromatic carbocycles. The second-order valence-corrected chi connectivity index (χ2v) is 7.96. The number of carbonyl (C=O) groups is 1. The molecule has 1 aromatic rings. The first-order valence-electron chi connectivity index (χ1n) is 9.48. The molecule has 142 valence electrons. The van der Waals surface area contributed by atoms with Crippen molar-refractivity contribution in [2.24, 2.45) is 0 Å². The minimum atomic E-state index is -0.273. The summed E-state index contributed by atoms with van der Waals surface area (Å²) < 4.78 is 0. The Morgan fingerprint density at radius 1 is 1.19 bits per heavy atom. The van der Waals surface area contributed by atoms with Crippen LogP contribution in [0.4, 0.5) is 4.79 Å². The van der Waals surface area contributed by atoms with Crippen molar-refractivity contribution in [1.82, 2.24) is 15.5 Å². The van der Waals surface area contributed by atoms with Gasteiger partial charge in [-0.15, -0.1) is 0 Å². The molecule has 0 heterocycles. The lowest BCUT2D eigenvalue weighted by atomic mass is 9.92. The molecule has 1 aliphatic rings. The van der Waals surface area contributed by atoms with Crippen molar-refractivity contribution in [3.63, 3.8) is 0 Å². The van der Waals surface area contributed by atoms with E-state index in [4.69, 9.17) is 0 Å². The molecule has 2 amide bonds. The van der Waals surface area contributed by atoms with Crippen LogP contribution in [0.25, 0.3) is 0 Å². The van der Waals surface area contributed by atoms with Gasteiger partial charge in [0.1, 0.15) is 0 Å². The maximum absolute atomic E-state index is 12.4. The SMILES string of the molecule is CN(C)C(CNC(=O)NC(C)(C)CC1=CCCC=C1)Cc1ccccc1. The Labute approximate surface area is 158 Å². The summed E-state index contributed by atoms with van der Waals surface area (Å²) in [5.41, 5.74) is 2.31. The Morgan fingerprint density at radius 2 is 1.92 bits per heavy atom. The first kappa shape index (κ1) is 20.2. The Balaban J connectivity index is 1.83. The third kappa shape index (κ3) is 7.04. The lowest BCUT2D eigenvalue weighted by molar-refractivity contribution is 0.222. The molecule has 2 rings (SSSR count). The monoisotopic (exact) mass is 355 g/mol. The molecule has 0 aliphatic heterocycles. The molecule has 0 fully saturated rings. The number of benzene rings is 1. The van der Waals surface area contributed by atoms with E-state index in [0.717, 1.165) is 25.7 Å². The molecule has 0 radical (unpaired) electrons. The maximum Gasteiger partial charge on any atom is 0.315 e. The van der Waals surface area contributed by atoms with Gasteiger partial charge in [0.25, 0.3) is 0 Å². The molecule has 0 spiro atoms. The van der Waals surface area contributed by atoms with Crippen LogP contribution in [0.2, 0.25) is 0 Å². The molecule has 4 nitrogen and oxygen atoms in total. The minimum absolute atomic E-state index is 0.102. The predicted octanol–water partition coefficient (Wildman–Crippen LogP) is 3.90. The molecular weight excluding hydrogens is 322 g/mol. The number of hydrogen-bond donors (Lipinski definition) is 2. The molecular formula is C22H33N3O. The third-order valence-corrected chi connectivity index (χ3v) is 4.71. The van der Waals surface area contributed by atoms with Crippen LogP contribution in [0, 0.1) is 0 Å². The topological polar surface area (TPSA) is 44.4 Å². The zero-order chi connectivity index (χ0) is 19.0. The lowest BCUT2D eigenvalue weighted by Crippen LogP contribution is -2.51. The van der Waals surface area contributed by atoms with Crippen molar-refractivity contribution in [3.05, 3.63) is 59.7 Å². The van der Waals surface area contributed by atoms with Gasteiger partial charge >= 0.3 is 6.03 Å². The largest absolute Gasteiger partial charge is 0.337 e. The van der Waals surface area contributed by atoms with E-state index in [1.165, 1.54) is 11.1 Å². The van der Waals surface area contributed by atoms with Gasteiger partial charge in [0.2, 0.25) is 0 Å². The van der Waals surface area contributed by atoms with Gasteiger partial charge in [0.15, 0.2) is 0 Å². The van der Waals surface area contributed by atoms with Crippen molar-refractivity contribution in [3.8, 4) is 0 Å². The van der Waals surface area contributed by atoms with E-state index < -0.39 is 0 Å². The Bertz CT molecular complexity index is 632. The molecule has 26 heavy (non-hydrogen) atoms. The smallest absolute Gasteiger partial charge is 0.315 e. The van der Waals surface area contributed by atoms with Gasteiger partial charge in [-0.2, -0.15) is 0 Å². The van der Waals surface area contributed by atoms with Crippen molar-refractivity contribution in [2.75, 3.05) is 20.6 Å². The summed E-state index contributed by atoms with van der Waals surface area (Å²) >= 11 is 0. The highest BCUT2D eigenvalue weighted by atomic mass is 16.2. The quantitative estimate of drug-likeness (QED) is 0.743. The molecule has 0 bridgehead atoms. The number of nitrogens with one attached hydrogen (secondary N) is 2. The fourth-order valence-corrected chi connectivity index (χ4v) is 3.24. The second kappa shape index (κ2) is 9.58. The summed E-state index contributed by atoms with van der Waals surface area (Å²) in [6, 6.07) is 10.6. The average Bonchev–Trinajstić information content (AvgIpc) is 2.59. The molecule has 0 saturated carbocycles. The summed E-state index contributed by atoms with van der Waals surface area (Å²) in [5, 5.41) is 6.17. The van der Waals surface area contributed by atoms with Crippen molar-refractivity contribution in [1.29, 1.82) is 0 Å². The number of likely N-dealkylation sites (N-methyl/N-ethyl adjacent to an activating group) is 1. The average molecular weight is 356 g/mol.